The molecule has 0 spiro atoms. The Labute approximate surface area is 97.1 Å². The molecule has 1 aromatic carbocycles. The molecule has 2 nitrogen and oxygen atoms in total. The zero-order valence-electron chi connectivity index (χ0n) is 10.8. The molecule has 86 valence electrons. The second-order valence-corrected chi connectivity index (χ2v) is 5.26. The van der Waals surface area contributed by atoms with Crippen molar-refractivity contribution in [3.8, 4) is 0 Å². The van der Waals surface area contributed by atoms with Crippen molar-refractivity contribution in [3.05, 3.63) is 35.0 Å². The van der Waals surface area contributed by atoms with Crippen LogP contribution >= 0.6 is 0 Å². The smallest absolute Gasteiger partial charge is 0.0512 e. The molecule has 1 heterocycles. The number of hydrogen-bond acceptors (Lipinski definition) is 1. The maximum absolute atomic E-state index is 6.19. The molecule has 0 bridgehead atoms. The van der Waals surface area contributed by atoms with Crippen LogP contribution in [0.15, 0.2) is 18.2 Å². The van der Waals surface area contributed by atoms with E-state index in [1.807, 2.05) is 13.8 Å². The van der Waals surface area contributed by atoms with Gasteiger partial charge in [-0.05, 0) is 44.9 Å². The Morgan fingerprint density at radius 1 is 1.19 bits per heavy atom. The molecular weight excluding hydrogens is 196 g/mol. The van der Waals surface area contributed by atoms with Crippen LogP contribution < -0.4 is 5.73 Å². The van der Waals surface area contributed by atoms with Gasteiger partial charge in [-0.2, -0.15) is 0 Å². The van der Waals surface area contributed by atoms with Crippen molar-refractivity contribution in [2.75, 3.05) is 0 Å². The lowest BCUT2D eigenvalue weighted by molar-refractivity contribution is 0.516. The molecule has 0 saturated heterocycles. The second kappa shape index (κ2) is 3.36. The van der Waals surface area contributed by atoms with Gasteiger partial charge in [-0.3, -0.25) is 0 Å². The van der Waals surface area contributed by atoms with Crippen molar-refractivity contribution >= 4 is 10.9 Å². The number of aromatic nitrogens is 1. The normalized spacial score (nSPS) is 12.4. The molecule has 0 amide bonds. The monoisotopic (exact) mass is 216 g/mol. The van der Waals surface area contributed by atoms with E-state index in [0.29, 0.717) is 0 Å². The van der Waals surface area contributed by atoms with Crippen LogP contribution in [0.25, 0.3) is 10.9 Å². The van der Waals surface area contributed by atoms with Crippen LogP contribution in [-0.2, 0) is 12.6 Å². The van der Waals surface area contributed by atoms with Crippen LogP contribution in [-0.4, -0.2) is 4.57 Å². The zero-order valence-corrected chi connectivity index (χ0v) is 10.8. The summed E-state index contributed by atoms with van der Waals surface area (Å²) < 4.78 is 2.22. The van der Waals surface area contributed by atoms with E-state index in [1.54, 1.807) is 0 Å². The van der Waals surface area contributed by atoms with Gasteiger partial charge in [0.25, 0.3) is 0 Å². The molecule has 0 atom stereocenters. The standard InChI is InChI=1S/C14H20N2/c1-9-6-7-11-8-12(14(3,4)15)16(5)13(11)10(9)2/h6-8H,15H2,1-5H3. The van der Waals surface area contributed by atoms with Crippen LogP contribution in [0.5, 0.6) is 0 Å². The highest BCUT2D eigenvalue weighted by atomic mass is 15.0. The van der Waals surface area contributed by atoms with E-state index in [4.69, 9.17) is 5.73 Å². The first kappa shape index (κ1) is 11.2. The number of nitrogens with zero attached hydrogens (tertiary/aromatic N) is 1. The van der Waals surface area contributed by atoms with Crippen molar-refractivity contribution in [2.24, 2.45) is 12.8 Å². The summed E-state index contributed by atoms with van der Waals surface area (Å²) in [5, 5.41) is 1.28. The van der Waals surface area contributed by atoms with E-state index in [2.05, 4.69) is 43.7 Å². The number of aryl methyl sites for hydroxylation is 3. The van der Waals surface area contributed by atoms with Crippen molar-refractivity contribution in [1.29, 1.82) is 0 Å². The van der Waals surface area contributed by atoms with Crippen molar-refractivity contribution in [3.63, 3.8) is 0 Å². The fourth-order valence-corrected chi connectivity index (χ4v) is 2.37. The number of nitrogens with two attached hydrogens (primary N) is 1. The van der Waals surface area contributed by atoms with Gasteiger partial charge in [0.1, 0.15) is 0 Å². The molecule has 2 aromatic rings. The summed E-state index contributed by atoms with van der Waals surface area (Å²) in [5.41, 5.74) is 11.0. The molecule has 1 aromatic heterocycles. The second-order valence-electron chi connectivity index (χ2n) is 5.26. The van der Waals surface area contributed by atoms with E-state index < -0.39 is 0 Å². The fourth-order valence-electron chi connectivity index (χ4n) is 2.37. The Bertz CT molecular complexity index is 542. The Kier molecular flexibility index (Phi) is 2.35. The van der Waals surface area contributed by atoms with Crippen LogP contribution in [0, 0.1) is 13.8 Å². The first-order valence-corrected chi connectivity index (χ1v) is 5.67. The molecule has 2 N–H and O–H groups in total. The van der Waals surface area contributed by atoms with E-state index in [9.17, 15) is 0 Å². The highest BCUT2D eigenvalue weighted by Crippen LogP contribution is 2.28. The lowest BCUT2D eigenvalue weighted by Crippen LogP contribution is -2.30. The van der Waals surface area contributed by atoms with E-state index in [1.165, 1.54) is 27.7 Å². The van der Waals surface area contributed by atoms with Crippen LogP contribution in [0.1, 0.15) is 30.7 Å². The topological polar surface area (TPSA) is 30.9 Å². The summed E-state index contributed by atoms with van der Waals surface area (Å²) in [6.07, 6.45) is 0. The van der Waals surface area contributed by atoms with Gasteiger partial charge < -0.3 is 10.3 Å². The first-order valence-electron chi connectivity index (χ1n) is 5.67. The van der Waals surface area contributed by atoms with Crippen LogP contribution in [0.2, 0.25) is 0 Å². The minimum absolute atomic E-state index is 0.298. The largest absolute Gasteiger partial charge is 0.346 e. The van der Waals surface area contributed by atoms with Crippen LogP contribution in [0.4, 0.5) is 0 Å². The SMILES string of the molecule is Cc1ccc2cc(C(C)(C)N)n(C)c2c1C. The molecule has 0 fully saturated rings. The van der Waals surface area contributed by atoms with Gasteiger partial charge in [-0.15, -0.1) is 0 Å². The third-order valence-electron chi connectivity index (χ3n) is 3.38. The van der Waals surface area contributed by atoms with Gasteiger partial charge in [-0.1, -0.05) is 12.1 Å². The molecule has 2 heteroatoms. The van der Waals surface area contributed by atoms with E-state index in [0.717, 1.165) is 0 Å². The molecule has 0 aliphatic carbocycles. The fraction of sp³-hybridized carbons (Fsp3) is 0.429. The summed E-state index contributed by atoms with van der Waals surface area (Å²) in [6.45, 7) is 8.41. The lowest BCUT2D eigenvalue weighted by atomic mass is 10.0. The predicted molar refractivity (Wildman–Crippen MR) is 69.6 cm³/mol. The number of benzene rings is 1. The molecule has 0 unspecified atom stereocenters. The Morgan fingerprint density at radius 2 is 1.81 bits per heavy atom. The predicted octanol–water partition coefficient (Wildman–Crippen LogP) is 2.99. The zero-order chi connectivity index (χ0) is 12.1. The maximum atomic E-state index is 6.19. The van der Waals surface area contributed by atoms with Gasteiger partial charge in [-0.25, -0.2) is 0 Å². The van der Waals surface area contributed by atoms with Gasteiger partial charge in [0, 0.05) is 18.1 Å². The molecular formula is C14H20N2. The molecule has 2 rings (SSSR count). The highest BCUT2D eigenvalue weighted by molar-refractivity contribution is 5.85. The number of fused-ring (bicyclic) bond motifs is 1. The molecule has 0 aliphatic rings. The molecule has 16 heavy (non-hydrogen) atoms. The summed E-state index contributed by atoms with van der Waals surface area (Å²) in [5.74, 6) is 0. The summed E-state index contributed by atoms with van der Waals surface area (Å²) in [4.78, 5) is 0. The van der Waals surface area contributed by atoms with Gasteiger partial charge >= 0.3 is 0 Å². The average Bonchev–Trinajstić information content (AvgIpc) is 2.50. The molecule has 0 aliphatic heterocycles. The molecule has 0 saturated carbocycles. The lowest BCUT2D eigenvalue weighted by Gasteiger charge is -2.20. The Hall–Kier alpha value is -1.28. The third-order valence-corrected chi connectivity index (χ3v) is 3.38. The molecule has 0 radical (unpaired) electrons. The number of hydrogen-bond donors (Lipinski definition) is 1. The number of rotatable bonds is 1. The van der Waals surface area contributed by atoms with Crippen molar-refractivity contribution in [1.82, 2.24) is 4.57 Å². The maximum Gasteiger partial charge on any atom is 0.0512 e. The Morgan fingerprint density at radius 3 is 2.38 bits per heavy atom. The van der Waals surface area contributed by atoms with Gasteiger partial charge in [0.05, 0.1) is 11.1 Å². The quantitative estimate of drug-likeness (QED) is 0.780. The Balaban J connectivity index is 2.85. The van der Waals surface area contributed by atoms with Gasteiger partial charge in [0.15, 0.2) is 0 Å². The van der Waals surface area contributed by atoms with Crippen LogP contribution in [0.3, 0.4) is 0 Å². The minimum Gasteiger partial charge on any atom is -0.346 e. The van der Waals surface area contributed by atoms with Gasteiger partial charge in [0.2, 0.25) is 0 Å². The summed E-state index contributed by atoms with van der Waals surface area (Å²) in [6, 6.07) is 6.54. The van der Waals surface area contributed by atoms with Crippen molar-refractivity contribution in [2.45, 2.75) is 33.2 Å². The first-order chi connectivity index (χ1) is 7.32. The third kappa shape index (κ3) is 1.54. The summed E-state index contributed by atoms with van der Waals surface area (Å²) >= 11 is 0. The minimum atomic E-state index is -0.298. The van der Waals surface area contributed by atoms with Crippen molar-refractivity contribution < 1.29 is 0 Å². The highest BCUT2D eigenvalue weighted by Gasteiger charge is 2.20. The summed E-state index contributed by atoms with van der Waals surface area (Å²) in [7, 11) is 2.10. The average molecular weight is 216 g/mol. The van der Waals surface area contributed by atoms with E-state index >= 15 is 0 Å². The van der Waals surface area contributed by atoms with E-state index in [-0.39, 0.29) is 5.54 Å².